The molecule has 0 aliphatic heterocycles. The summed E-state index contributed by atoms with van der Waals surface area (Å²) in [5, 5.41) is 4.60. The van der Waals surface area contributed by atoms with Gasteiger partial charge in [0.05, 0.1) is 11.3 Å². The summed E-state index contributed by atoms with van der Waals surface area (Å²) in [7, 11) is 0. The molecule has 0 atom stereocenters. The van der Waals surface area contributed by atoms with E-state index in [0.29, 0.717) is 17.0 Å². The molecule has 0 unspecified atom stereocenters. The average Bonchev–Trinajstić information content (AvgIpc) is 3.24. The molecule has 0 bridgehead atoms. The summed E-state index contributed by atoms with van der Waals surface area (Å²) in [5.41, 5.74) is 8.27. The SMILES string of the molecule is Cc1cccc(C(=O)NNC(=O)c2cn(-c3ccccc3)nc2-c2ccccc2)n1. The van der Waals surface area contributed by atoms with Gasteiger partial charge in [0.25, 0.3) is 11.8 Å². The van der Waals surface area contributed by atoms with Gasteiger partial charge in [0.15, 0.2) is 0 Å². The van der Waals surface area contributed by atoms with E-state index in [1.807, 2.05) is 60.7 Å². The fourth-order valence-electron chi connectivity index (χ4n) is 2.98. The van der Waals surface area contributed by atoms with Crippen LogP contribution in [0.5, 0.6) is 0 Å². The van der Waals surface area contributed by atoms with Crippen molar-refractivity contribution < 1.29 is 9.59 Å². The Hall–Kier alpha value is -4.26. The van der Waals surface area contributed by atoms with Crippen LogP contribution in [0.15, 0.2) is 85.1 Å². The molecule has 2 aromatic carbocycles. The predicted molar refractivity (Wildman–Crippen MR) is 113 cm³/mol. The van der Waals surface area contributed by atoms with Gasteiger partial charge in [0.2, 0.25) is 0 Å². The van der Waals surface area contributed by atoms with E-state index in [9.17, 15) is 9.59 Å². The molecule has 7 nitrogen and oxygen atoms in total. The Balaban J connectivity index is 1.61. The van der Waals surface area contributed by atoms with Crippen LogP contribution in [0.4, 0.5) is 0 Å². The van der Waals surface area contributed by atoms with Crippen LogP contribution in [0, 0.1) is 6.92 Å². The number of para-hydroxylation sites is 1. The van der Waals surface area contributed by atoms with Crippen LogP contribution in [-0.4, -0.2) is 26.6 Å². The summed E-state index contributed by atoms with van der Waals surface area (Å²) in [6.07, 6.45) is 1.64. The first kappa shape index (κ1) is 19.1. The standard InChI is InChI=1S/C23H19N5O2/c1-16-9-8-14-20(24-16)23(30)26-25-22(29)19-15-28(18-12-6-3-7-13-18)27-21(19)17-10-4-2-5-11-17/h2-15H,1H3,(H,25,29)(H,26,30). The van der Waals surface area contributed by atoms with E-state index in [2.05, 4.69) is 20.9 Å². The monoisotopic (exact) mass is 397 g/mol. The first-order chi connectivity index (χ1) is 14.6. The van der Waals surface area contributed by atoms with Gasteiger partial charge in [-0.1, -0.05) is 54.6 Å². The topological polar surface area (TPSA) is 88.9 Å². The van der Waals surface area contributed by atoms with Gasteiger partial charge in [0.1, 0.15) is 11.4 Å². The number of hydrogen-bond donors (Lipinski definition) is 2. The van der Waals surface area contributed by atoms with Crippen LogP contribution >= 0.6 is 0 Å². The molecule has 0 radical (unpaired) electrons. The predicted octanol–water partition coefficient (Wildman–Crippen LogP) is 3.32. The van der Waals surface area contributed by atoms with Gasteiger partial charge in [-0.05, 0) is 31.2 Å². The van der Waals surface area contributed by atoms with Crippen molar-refractivity contribution in [2.45, 2.75) is 6.92 Å². The minimum atomic E-state index is -0.497. The molecule has 30 heavy (non-hydrogen) atoms. The Kier molecular flexibility index (Phi) is 5.34. The first-order valence-electron chi connectivity index (χ1n) is 9.36. The molecule has 2 heterocycles. The maximum atomic E-state index is 12.9. The summed E-state index contributed by atoms with van der Waals surface area (Å²) >= 11 is 0. The number of pyridine rings is 1. The van der Waals surface area contributed by atoms with E-state index in [1.54, 1.807) is 36.0 Å². The van der Waals surface area contributed by atoms with Crippen LogP contribution < -0.4 is 10.9 Å². The Bertz CT molecular complexity index is 1190. The Morgan fingerprint density at radius 1 is 0.800 bits per heavy atom. The quantitative estimate of drug-likeness (QED) is 0.517. The summed E-state index contributed by atoms with van der Waals surface area (Å²) in [4.78, 5) is 29.3. The number of aromatic nitrogens is 3. The number of hydrazine groups is 1. The normalized spacial score (nSPS) is 10.4. The smallest absolute Gasteiger partial charge is 0.267 e. The van der Waals surface area contributed by atoms with Crippen LogP contribution in [-0.2, 0) is 0 Å². The van der Waals surface area contributed by atoms with Crippen molar-refractivity contribution in [3.63, 3.8) is 0 Å². The second-order valence-electron chi connectivity index (χ2n) is 6.61. The number of hydrogen-bond acceptors (Lipinski definition) is 4. The maximum absolute atomic E-state index is 12.9. The molecule has 0 aliphatic rings. The van der Waals surface area contributed by atoms with E-state index in [-0.39, 0.29) is 5.69 Å². The third-order valence-electron chi connectivity index (χ3n) is 4.44. The number of benzene rings is 2. The van der Waals surface area contributed by atoms with Gasteiger partial charge in [-0.25, -0.2) is 9.67 Å². The molecule has 148 valence electrons. The fourth-order valence-corrected chi connectivity index (χ4v) is 2.98. The molecular weight excluding hydrogens is 378 g/mol. The van der Waals surface area contributed by atoms with Crippen molar-refractivity contribution in [2.24, 2.45) is 0 Å². The molecule has 4 aromatic rings. The van der Waals surface area contributed by atoms with Gasteiger partial charge in [0, 0.05) is 17.5 Å². The number of amides is 2. The lowest BCUT2D eigenvalue weighted by molar-refractivity contribution is 0.0844. The summed E-state index contributed by atoms with van der Waals surface area (Å²) in [5.74, 6) is -0.971. The Morgan fingerprint density at radius 3 is 2.17 bits per heavy atom. The van der Waals surface area contributed by atoms with Gasteiger partial charge >= 0.3 is 0 Å². The summed E-state index contributed by atoms with van der Waals surface area (Å²) in [6.45, 7) is 1.79. The van der Waals surface area contributed by atoms with Gasteiger partial charge < -0.3 is 0 Å². The van der Waals surface area contributed by atoms with Gasteiger partial charge in [-0.2, -0.15) is 5.10 Å². The van der Waals surface area contributed by atoms with Gasteiger partial charge in [-0.15, -0.1) is 0 Å². The molecule has 7 heteroatoms. The van der Waals surface area contributed by atoms with Crippen LogP contribution in [0.2, 0.25) is 0 Å². The average molecular weight is 397 g/mol. The Morgan fingerprint density at radius 2 is 1.47 bits per heavy atom. The lowest BCUT2D eigenvalue weighted by Crippen LogP contribution is -2.42. The number of carbonyl (C=O) groups is 2. The molecule has 0 saturated carbocycles. The van der Waals surface area contributed by atoms with Crippen molar-refractivity contribution in [3.05, 3.63) is 102 Å². The number of rotatable bonds is 4. The largest absolute Gasteiger partial charge is 0.288 e. The summed E-state index contributed by atoms with van der Waals surface area (Å²) in [6, 6.07) is 24.0. The number of nitrogens with one attached hydrogen (secondary N) is 2. The van der Waals surface area contributed by atoms with Gasteiger partial charge in [-0.3, -0.25) is 20.4 Å². The third-order valence-corrected chi connectivity index (χ3v) is 4.44. The zero-order valence-electron chi connectivity index (χ0n) is 16.2. The maximum Gasteiger partial charge on any atom is 0.288 e. The lowest BCUT2D eigenvalue weighted by Gasteiger charge is -2.07. The van der Waals surface area contributed by atoms with E-state index in [1.165, 1.54) is 0 Å². The van der Waals surface area contributed by atoms with Crippen molar-refractivity contribution in [1.82, 2.24) is 25.6 Å². The van der Waals surface area contributed by atoms with Crippen LogP contribution in [0.3, 0.4) is 0 Å². The molecule has 0 spiro atoms. The zero-order valence-corrected chi connectivity index (χ0v) is 16.2. The van der Waals surface area contributed by atoms with Crippen molar-refractivity contribution >= 4 is 11.8 Å². The zero-order chi connectivity index (χ0) is 20.9. The van der Waals surface area contributed by atoms with Crippen molar-refractivity contribution in [2.75, 3.05) is 0 Å². The molecule has 0 aliphatic carbocycles. The highest BCUT2D eigenvalue weighted by atomic mass is 16.2. The van der Waals surface area contributed by atoms with E-state index in [0.717, 1.165) is 11.3 Å². The highest BCUT2D eigenvalue weighted by molar-refractivity contribution is 6.02. The number of aryl methyl sites for hydroxylation is 1. The highest BCUT2D eigenvalue weighted by Crippen LogP contribution is 2.23. The molecule has 0 fully saturated rings. The second kappa shape index (κ2) is 8.40. The second-order valence-corrected chi connectivity index (χ2v) is 6.61. The summed E-state index contributed by atoms with van der Waals surface area (Å²) < 4.78 is 1.64. The van der Waals surface area contributed by atoms with E-state index >= 15 is 0 Å². The van der Waals surface area contributed by atoms with Crippen LogP contribution in [0.25, 0.3) is 16.9 Å². The van der Waals surface area contributed by atoms with Crippen molar-refractivity contribution in [1.29, 1.82) is 0 Å². The first-order valence-corrected chi connectivity index (χ1v) is 9.36. The minimum absolute atomic E-state index is 0.221. The molecule has 2 amide bonds. The van der Waals surface area contributed by atoms with E-state index < -0.39 is 11.8 Å². The molecule has 0 saturated heterocycles. The van der Waals surface area contributed by atoms with Crippen LogP contribution in [0.1, 0.15) is 26.5 Å². The number of nitrogens with zero attached hydrogens (tertiary/aromatic N) is 3. The molecular formula is C23H19N5O2. The molecule has 2 aromatic heterocycles. The van der Waals surface area contributed by atoms with Crippen molar-refractivity contribution in [3.8, 4) is 16.9 Å². The number of carbonyl (C=O) groups excluding carboxylic acids is 2. The fraction of sp³-hybridized carbons (Fsp3) is 0.0435. The van der Waals surface area contributed by atoms with E-state index in [4.69, 9.17) is 0 Å². The molecule has 2 N–H and O–H groups in total. The lowest BCUT2D eigenvalue weighted by atomic mass is 10.1. The third kappa shape index (κ3) is 4.10. The highest BCUT2D eigenvalue weighted by Gasteiger charge is 2.19. The Labute approximate surface area is 173 Å². The minimum Gasteiger partial charge on any atom is -0.267 e. The molecule has 4 rings (SSSR count).